The van der Waals surface area contributed by atoms with Crippen molar-refractivity contribution in [3.05, 3.63) is 134 Å². The fourth-order valence-corrected chi connectivity index (χ4v) is 4.92. The molecule has 3 aromatic heterocycles. The molecule has 7 rings (SSSR count). The number of oxazole rings is 1. The second-order valence-electron chi connectivity index (χ2n) is 9.53. The predicted molar refractivity (Wildman–Crippen MR) is 156 cm³/mol. The first-order chi connectivity index (χ1) is 19.7. The molecule has 190 valence electrons. The number of rotatable bonds is 5. The van der Waals surface area contributed by atoms with Crippen LogP contribution in [0.1, 0.15) is 0 Å². The minimum atomic E-state index is -0.128. The Bertz CT molecular complexity index is 1900. The van der Waals surface area contributed by atoms with E-state index in [1.165, 1.54) is 0 Å². The number of para-hydroxylation sites is 2. The van der Waals surface area contributed by atoms with Crippen molar-refractivity contribution in [2.45, 2.75) is 0 Å². The molecule has 4 aromatic carbocycles. The normalized spacial score (nSPS) is 10.8. The van der Waals surface area contributed by atoms with E-state index in [0.717, 1.165) is 38.9 Å². The fourth-order valence-electron chi connectivity index (χ4n) is 4.92. The van der Waals surface area contributed by atoms with Gasteiger partial charge in [-0.15, -0.1) is 0 Å². The molecule has 0 unspecified atom stereocenters. The van der Waals surface area contributed by atoms with Crippen molar-refractivity contribution >= 4 is 11.1 Å². The van der Waals surface area contributed by atoms with E-state index >= 15 is 0 Å². The second kappa shape index (κ2) is 12.2. The first-order valence-electron chi connectivity index (χ1n) is 13.0. The molecular formula is C35H22CsN3O2. The van der Waals surface area contributed by atoms with Gasteiger partial charge in [0.1, 0.15) is 5.52 Å². The van der Waals surface area contributed by atoms with Crippen LogP contribution in [-0.4, -0.2) is 15.0 Å². The molecule has 0 spiro atoms. The number of hydrogen-bond donors (Lipinski definition) is 0. The Kier molecular flexibility index (Phi) is 8.21. The molecule has 0 fully saturated rings. The van der Waals surface area contributed by atoms with Crippen molar-refractivity contribution in [2.24, 2.45) is 0 Å². The molecule has 0 radical (unpaired) electrons. The van der Waals surface area contributed by atoms with Crippen LogP contribution < -0.4 is 74.0 Å². The van der Waals surface area contributed by atoms with E-state index in [1.807, 2.05) is 97.3 Å². The van der Waals surface area contributed by atoms with Gasteiger partial charge in [-0.2, -0.15) is 0 Å². The summed E-state index contributed by atoms with van der Waals surface area (Å²) >= 11 is 0. The summed E-state index contributed by atoms with van der Waals surface area (Å²) in [6.45, 7) is 0. The third kappa shape index (κ3) is 5.68. The molecule has 0 amide bonds. The molecule has 0 saturated heterocycles. The Morgan fingerprint density at radius 3 is 1.61 bits per heavy atom. The van der Waals surface area contributed by atoms with Crippen molar-refractivity contribution < 1.29 is 78.4 Å². The SMILES string of the molecule is [Cs+].[O-]c1c(-c2ccc(-c3cccnc3)cc2)cc(-c2ccc(-c3cccnc3)cc2)cc1-c1nc2ccccc2o1. The van der Waals surface area contributed by atoms with Crippen LogP contribution >= 0.6 is 0 Å². The molecule has 0 bridgehead atoms. The largest absolute Gasteiger partial charge is 1.00 e. The monoisotopic (exact) mass is 649 g/mol. The van der Waals surface area contributed by atoms with Crippen LogP contribution in [0.3, 0.4) is 0 Å². The predicted octanol–water partition coefficient (Wildman–Crippen LogP) is 5.03. The van der Waals surface area contributed by atoms with Crippen LogP contribution in [0, 0.1) is 0 Å². The third-order valence-corrected chi connectivity index (χ3v) is 7.02. The van der Waals surface area contributed by atoms with Gasteiger partial charge in [-0.25, -0.2) is 4.98 Å². The second-order valence-corrected chi connectivity index (χ2v) is 9.53. The average Bonchev–Trinajstić information content (AvgIpc) is 3.47. The zero-order valence-electron chi connectivity index (χ0n) is 22.4. The van der Waals surface area contributed by atoms with Gasteiger partial charge >= 0.3 is 68.9 Å². The molecule has 6 heteroatoms. The fraction of sp³-hybridized carbons (Fsp3) is 0. The maximum atomic E-state index is 13.9. The third-order valence-electron chi connectivity index (χ3n) is 7.02. The van der Waals surface area contributed by atoms with Crippen LogP contribution in [0.2, 0.25) is 0 Å². The molecular weight excluding hydrogens is 627 g/mol. The van der Waals surface area contributed by atoms with Gasteiger partial charge in [0.25, 0.3) is 0 Å². The smallest absolute Gasteiger partial charge is 0.872 e. The van der Waals surface area contributed by atoms with Crippen molar-refractivity contribution in [3.63, 3.8) is 0 Å². The van der Waals surface area contributed by atoms with Crippen LogP contribution in [-0.2, 0) is 0 Å². The maximum absolute atomic E-state index is 13.9. The van der Waals surface area contributed by atoms with E-state index in [1.54, 1.807) is 12.4 Å². The number of nitrogens with zero attached hydrogens (tertiary/aromatic N) is 3. The van der Waals surface area contributed by atoms with Gasteiger partial charge in [-0.05, 0) is 80.9 Å². The molecule has 0 saturated carbocycles. The standard InChI is InChI=1S/C35H23N3O2.Cs/c39-34-30(26-15-13-24(14-16-26)28-6-4-18-37-22-28)19-29(20-31(34)35-38-32-7-1-2-8-33(32)40-35)25-11-9-23(10-12-25)27-5-3-17-36-21-27;/h1-22,39H;/q;+1/p-1. The summed E-state index contributed by atoms with van der Waals surface area (Å²) in [4.78, 5) is 13.1. The Morgan fingerprint density at radius 1 is 0.512 bits per heavy atom. The van der Waals surface area contributed by atoms with Crippen molar-refractivity contribution in [2.75, 3.05) is 0 Å². The number of aromatic nitrogens is 3. The van der Waals surface area contributed by atoms with Gasteiger partial charge in [-0.1, -0.05) is 78.5 Å². The Hall–Kier alpha value is -3.50. The number of benzene rings is 4. The van der Waals surface area contributed by atoms with Gasteiger partial charge in [-0.3, -0.25) is 9.97 Å². The summed E-state index contributed by atoms with van der Waals surface area (Å²) in [5.41, 5.74) is 9.25. The summed E-state index contributed by atoms with van der Waals surface area (Å²) in [6.07, 6.45) is 7.19. The van der Waals surface area contributed by atoms with Crippen molar-refractivity contribution in [3.8, 4) is 61.7 Å². The summed E-state index contributed by atoms with van der Waals surface area (Å²) in [5, 5.41) is 13.9. The summed E-state index contributed by atoms with van der Waals surface area (Å²) in [5.74, 6) is 0.185. The quantitative estimate of drug-likeness (QED) is 0.262. The molecule has 0 N–H and O–H groups in total. The van der Waals surface area contributed by atoms with Crippen LogP contribution in [0.25, 0.3) is 67.1 Å². The Labute approximate surface area is 296 Å². The average molecular weight is 649 g/mol. The van der Waals surface area contributed by atoms with E-state index in [-0.39, 0.29) is 74.6 Å². The van der Waals surface area contributed by atoms with Crippen LogP contribution in [0.4, 0.5) is 0 Å². The molecule has 0 aliphatic heterocycles. The van der Waals surface area contributed by atoms with E-state index < -0.39 is 0 Å². The number of fused-ring (bicyclic) bond motifs is 1. The molecule has 0 aliphatic rings. The van der Waals surface area contributed by atoms with Gasteiger partial charge in [0.2, 0.25) is 5.89 Å². The Morgan fingerprint density at radius 2 is 1.05 bits per heavy atom. The number of hydrogen-bond acceptors (Lipinski definition) is 5. The molecule has 7 aromatic rings. The van der Waals surface area contributed by atoms with Gasteiger partial charge in [0.05, 0.1) is 0 Å². The van der Waals surface area contributed by atoms with Gasteiger partial charge in [0.15, 0.2) is 5.58 Å². The first kappa shape index (κ1) is 27.7. The molecule has 41 heavy (non-hydrogen) atoms. The zero-order valence-corrected chi connectivity index (χ0v) is 28.6. The summed E-state index contributed by atoms with van der Waals surface area (Å²) in [7, 11) is 0. The van der Waals surface area contributed by atoms with E-state index in [9.17, 15) is 5.11 Å². The minimum Gasteiger partial charge on any atom is -0.872 e. The van der Waals surface area contributed by atoms with Gasteiger partial charge in [0, 0.05) is 30.4 Å². The Balaban J connectivity index is 0.00000302. The van der Waals surface area contributed by atoms with E-state index in [0.29, 0.717) is 28.1 Å². The molecule has 5 nitrogen and oxygen atoms in total. The van der Waals surface area contributed by atoms with Gasteiger partial charge < -0.3 is 9.52 Å². The van der Waals surface area contributed by atoms with Crippen LogP contribution in [0.15, 0.2) is 138 Å². The zero-order chi connectivity index (χ0) is 26.9. The minimum absolute atomic E-state index is 0. The summed E-state index contributed by atoms with van der Waals surface area (Å²) in [6, 6.07) is 35.5. The van der Waals surface area contributed by atoms with Crippen molar-refractivity contribution in [1.82, 2.24) is 15.0 Å². The molecule has 0 aliphatic carbocycles. The number of pyridine rings is 2. The van der Waals surface area contributed by atoms with E-state index in [2.05, 4.69) is 39.2 Å². The first-order valence-corrected chi connectivity index (χ1v) is 13.0. The topological polar surface area (TPSA) is 74.9 Å². The maximum Gasteiger partial charge on any atom is 1.00 e. The molecule has 3 heterocycles. The molecule has 0 atom stereocenters. The van der Waals surface area contributed by atoms with Crippen molar-refractivity contribution in [1.29, 1.82) is 0 Å². The van der Waals surface area contributed by atoms with Crippen LogP contribution in [0.5, 0.6) is 5.75 Å². The van der Waals surface area contributed by atoms with E-state index in [4.69, 9.17) is 4.42 Å². The summed E-state index contributed by atoms with van der Waals surface area (Å²) < 4.78 is 6.05.